The maximum Gasteiger partial charge on any atom is 0.394 e. The van der Waals surface area contributed by atoms with E-state index in [1.807, 2.05) is 36.9 Å². The van der Waals surface area contributed by atoms with Crippen molar-refractivity contribution in [1.29, 1.82) is 0 Å². The predicted octanol–water partition coefficient (Wildman–Crippen LogP) is 5.36. The minimum absolute atomic E-state index is 0.152. The first-order valence-corrected chi connectivity index (χ1v) is 10.3. The van der Waals surface area contributed by atoms with Crippen LogP contribution < -0.4 is 20.1 Å². The number of nitrogens with zero attached hydrogens (tertiary/aromatic N) is 3. The Kier molecular flexibility index (Phi) is 7.62. The highest BCUT2D eigenvalue weighted by atomic mass is 19.3. The van der Waals surface area contributed by atoms with E-state index < -0.39 is 6.11 Å². The number of halogens is 2. The number of aryl methyl sites for hydroxylation is 2. The Morgan fingerprint density at radius 3 is 2.56 bits per heavy atom. The second-order valence-corrected chi connectivity index (χ2v) is 7.37. The average molecular weight is 469 g/mol. The Balaban J connectivity index is 0.000000215. The van der Waals surface area contributed by atoms with Crippen LogP contribution in [-0.2, 0) is 11.8 Å². The number of hydrogen-bond acceptors (Lipinski definition) is 6. The van der Waals surface area contributed by atoms with Crippen LogP contribution in [0.5, 0.6) is 17.4 Å². The standard InChI is InChI=1S/C15H14N4O2.C9H11F2NO/c1-10-7-11(3-4-12(10)18-9-20)21-15-14-13(16-8-17-15)5-6-19(14)2;1-9(10,11)13-8-5-3-4-7(6-8)12-2/h3-9H,1-2H3,(H,18,20);3-6,12H,1-2H3. The van der Waals surface area contributed by atoms with E-state index in [0.717, 1.165) is 28.0 Å². The number of rotatable bonds is 7. The normalized spacial score (nSPS) is 10.8. The van der Waals surface area contributed by atoms with Gasteiger partial charge in [0.05, 0.1) is 5.52 Å². The Labute approximate surface area is 195 Å². The van der Waals surface area contributed by atoms with Gasteiger partial charge in [-0.3, -0.25) is 4.79 Å². The molecule has 34 heavy (non-hydrogen) atoms. The molecule has 0 saturated heterocycles. The summed E-state index contributed by atoms with van der Waals surface area (Å²) in [4.78, 5) is 18.9. The van der Waals surface area contributed by atoms with Gasteiger partial charge in [-0.25, -0.2) is 4.98 Å². The van der Waals surface area contributed by atoms with E-state index in [9.17, 15) is 13.6 Å². The predicted molar refractivity (Wildman–Crippen MR) is 127 cm³/mol. The number of fused-ring (bicyclic) bond motifs is 1. The molecular weight excluding hydrogens is 444 g/mol. The maximum atomic E-state index is 12.4. The van der Waals surface area contributed by atoms with Crippen LogP contribution in [-0.4, -0.2) is 34.1 Å². The minimum Gasteiger partial charge on any atom is -0.437 e. The molecule has 178 valence electrons. The van der Waals surface area contributed by atoms with E-state index in [1.54, 1.807) is 31.3 Å². The van der Waals surface area contributed by atoms with Gasteiger partial charge in [-0.05, 0) is 48.9 Å². The van der Waals surface area contributed by atoms with Gasteiger partial charge in [0, 0.05) is 44.7 Å². The lowest BCUT2D eigenvalue weighted by Crippen LogP contribution is -2.19. The molecule has 10 heteroatoms. The van der Waals surface area contributed by atoms with Crippen LogP contribution in [0, 0.1) is 6.92 Å². The largest absolute Gasteiger partial charge is 0.437 e. The van der Waals surface area contributed by atoms with Crippen molar-refractivity contribution >= 4 is 28.8 Å². The molecule has 4 aromatic rings. The lowest BCUT2D eigenvalue weighted by Gasteiger charge is -2.13. The van der Waals surface area contributed by atoms with Crippen LogP contribution in [0.3, 0.4) is 0 Å². The van der Waals surface area contributed by atoms with E-state index >= 15 is 0 Å². The molecule has 0 fully saturated rings. The fourth-order valence-corrected chi connectivity index (χ4v) is 3.12. The van der Waals surface area contributed by atoms with Crippen molar-refractivity contribution in [3.05, 3.63) is 66.6 Å². The zero-order chi connectivity index (χ0) is 24.7. The van der Waals surface area contributed by atoms with E-state index in [1.165, 1.54) is 18.5 Å². The molecule has 2 aromatic heterocycles. The van der Waals surface area contributed by atoms with E-state index in [-0.39, 0.29) is 5.75 Å². The highest BCUT2D eigenvalue weighted by Crippen LogP contribution is 2.29. The van der Waals surface area contributed by atoms with Gasteiger partial charge in [0.15, 0.2) is 0 Å². The number of anilines is 2. The lowest BCUT2D eigenvalue weighted by molar-refractivity contribution is -0.158. The molecule has 1 amide bonds. The number of benzene rings is 2. The van der Waals surface area contributed by atoms with E-state index in [4.69, 9.17) is 4.74 Å². The van der Waals surface area contributed by atoms with Crippen molar-refractivity contribution in [2.45, 2.75) is 20.0 Å². The molecule has 4 rings (SSSR count). The number of ether oxygens (including phenoxy) is 2. The summed E-state index contributed by atoms with van der Waals surface area (Å²) in [6, 6.07) is 13.7. The van der Waals surface area contributed by atoms with Gasteiger partial charge in [0.2, 0.25) is 12.3 Å². The number of carbonyl (C=O) groups excluding carboxylic acids is 1. The maximum absolute atomic E-state index is 12.4. The first kappa shape index (κ1) is 24.4. The molecule has 8 nitrogen and oxygen atoms in total. The lowest BCUT2D eigenvalue weighted by atomic mass is 10.2. The third-order valence-corrected chi connectivity index (χ3v) is 4.67. The third-order valence-electron chi connectivity index (χ3n) is 4.67. The topological polar surface area (TPSA) is 90.3 Å². The smallest absolute Gasteiger partial charge is 0.394 e. The monoisotopic (exact) mass is 469 g/mol. The fraction of sp³-hybridized carbons (Fsp3) is 0.208. The molecule has 2 heterocycles. The zero-order valence-corrected chi connectivity index (χ0v) is 19.2. The summed E-state index contributed by atoms with van der Waals surface area (Å²) in [5.74, 6) is 1.31. The number of hydrogen-bond donors (Lipinski definition) is 2. The number of amides is 1. The van der Waals surface area contributed by atoms with Crippen LogP contribution >= 0.6 is 0 Å². The Morgan fingerprint density at radius 2 is 1.88 bits per heavy atom. The summed E-state index contributed by atoms with van der Waals surface area (Å²) in [6.45, 7) is 2.61. The van der Waals surface area contributed by atoms with Crippen molar-refractivity contribution in [3.63, 3.8) is 0 Å². The molecular formula is C24H25F2N5O3. The minimum atomic E-state index is -3.13. The van der Waals surface area contributed by atoms with Gasteiger partial charge >= 0.3 is 6.11 Å². The molecule has 0 saturated carbocycles. The highest BCUT2D eigenvalue weighted by Gasteiger charge is 2.23. The number of alkyl halides is 2. The first-order chi connectivity index (χ1) is 16.2. The molecule has 0 aliphatic heterocycles. The quantitative estimate of drug-likeness (QED) is 0.354. The van der Waals surface area contributed by atoms with Crippen LogP contribution in [0.1, 0.15) is 12.5 Å². The van der Waals surface area contributed by atoms with Gasteiger partial charge in [0.25, 0.3) is 0 Å². The molecule has 0 aliphatic carbocycles. The number of nitrogens with one attached hydrogen (secondary N) is 2. The van der Waals surface area contributed by atoms with Crippen LogP contribution in [0.4, 0.5) is 20.2 Å². The Morgan fingerprint density at radius 1 is 1.09 bits per heavy atom. The molecule has 2 N–H and O–H groups in total. The van der Waals surface area contributed by atoms with Crippen molar-refractivity contribution in [2.24, 2.45) is 7.05 Å². The third kappa shape index (κ3) is 6.41. The van der Waals surface area contributed by atoms with E-state index in [2.05, 4.69) is 25.3 Å². The SMILES string of the molecule is CNc1cccc(OC(C)(F)F)c1.Cc1cc(Oc2ncnc3ccn(C)c23)ccc1NC=O. The van der Waals surface area contributed by atoms with Gasteiger partial charge < -0.3 is 24.7 Å². The second kappa shape index (κ2) is 10.6. The van der Waals surface area contributed by atoms with Crippen LogP contribution in [0.2, 0.25) is 0 Å². The highest BCUT2D eigenvalue weighted by molar-refractivity contribution is 5.80. The summed E-state index contributed by atoms with van der Waals surface area (Å²) in [6.07, 6.45) is 0.911. The van der Waals surface area contributed by atoms with Crippen molar-refractivity contribution in [1.82, 2.24) is 14.5 Å². The van der Waals surface area contributed by atoms with Gasteiger partial charge in [-0.1, -0.05) is 6.07 Å². The van der Waals surface area contributed by atoms with Crippen molar-refractivity contribution in [2.75, 3.05) is 17.7 Å². The summed E-state index contributed by atoms with van der Waals surface area (Å²) in [7, 11) is 3.63. The number of aromatic nitrogens is 3. The molecule has 2 aromatic carbocycles. The molecule has 0 radical (unpaired) electrons. The van der Waals surface area contributed by atoms with Gasteiger partial charge in [-0.2, -0.15) is 13.8 Å². The summed E-state index contributed by atoms with van der Waals surface area (Å²) < 4.78 is 36.9. The average Bonchev–Trinajstić information content (AvgIpc) is 3.17. The van der Waals surface area contributed by atoms with Crippen molar-refractivity contribution < 1.29 is 23.0 Å². The summed E-state index contributed by atoms with van der Waals surface area (Å²) >= 11 is 0. The first-order valence-electron chi connectivity index (χ1n) is 10.3. The van der Waals surface area contributed by atoms with Crippen molar-refractivity contribution in [3.8, 4) is 17.4 Å². The summed E-state index contributed by atoms with van der Waals surface area (Å²) in [5, 5.41) is 5.46. The van der Waals surface area contributed by atoms with Crippen LogP contribution in [0.25, 0.3) is 11.0 Å². The fourth-order valence-electron chi connectivity index (χ4n) is 3.12. The second-order valence-electron chi connectivity index (χ2n) is 7.37. The molecule has 0 unspecified atom stereocenters. The Bertz CT molecular complexity index is 1270. The van der Waals surface area contributed by atoms with Gasteiger partial charge in [-0.15, -0.1) is 0 Å². The van der Waals surface area contributed by atoms with Crippen LogP contribution in [0.15, 0.2) is 61.1 Å². The van der Waals surface area contributed by atoms with Gasteiger partial charge in [0.1, 0.15) is 23.3 Å². The van der Waals surface area contributed by atoms with E-state index in [0.29, 0.717) is 25.0 Å². The zero-order valence-electron chi connectivity index (χ0n) is 19.2. The molecule has 0 atom stereocenters. The number of carbonyl (C=O) groups is 1. The molecule has 0 bridgehead atoms. The molecule has 0 spiro atoms. The Hall–Kier alpha value is -4.21. The summed E-state index contributed by atoms with van der Waals surface area (Å²) in [5.41, 5.74) is 4.08. The molecule has 0 aliphatic rings.